The lowest BCUT2D eigenvalue weighted by atomic mass is 10.1. The molecule has 27 heavy (non-hydrogen) atoms. The van der Waals surface area contributed by atoms with E-state index in [1.165, 1.54) is 33.5 Å². The summed E-state index contributed by atoms with van der Waals surface area (Å²) >= 11 is 0. The van der Waals surface area contributed by atoms with Crippen LogP contribution in [0.3, 0.4) is 0 Å². The van der Waals surface area contributed by atoms with Crippen molar-refractivity contribution < 1.29 is 18.3 Å². The minimum absolute atomic E-state index is 0.0694. The SMILES string of the molecule is Cc1ccc(N(Cc2ccc(C(=O)O)cc2)S(=O)(=O)Cn2ccnn2)cc1. The number of nitrogens with zero attached hydrogens (tertiary/aromatic N) is 4. The van der Waals surface area contributed by atoms with Crippen LogP contribution in [-0.2, 0) is 22.4 Å². The van der Waals surface area contributed by atoms with Crippen molar-refractivity contribution in [2.24, 2.45) is 0 Å². The minimum Gasteiger partial charge on any atom is -0.478 e. The molecule has 1 heterocycles. The monoisotopic (exact) mass is 386 g/mol. The number of aromatic carboxylic acids is 1. The first-order chi connectivity index (χ1) is 12.8. The number of aryl methyl sites for hydroxylation is 1. The number of aromatic nitrogens is 3. The van der Waals surface area contributed by atoms with Gasteiger partial charge in [0.2, 0.25) is 0 Å². The van der Waals surface area contributed by atoms with Gasteiger partial charge in [-0.25, -0.2) is 17.9 Å². The number of anilines is 1. The van der Waals surface area contributed by atoms with Crippen LogP contribution < -0.4 is 4.31 Å². The highest BCUT2D eigenvalue weighted by Gasteiger charge is 2.24. The molecule has 1 N–H and O–H groups in total. The molecule has 0 atom stereocenters. The van der Waals surface area contributed by atoms with Crippen LogP contribution in [0.15, 0.2) is 60.9 Å². The normalized spacial score (nSPS) is 11.3. The third kappa shape index (κ3) is 4.50. The molecule has 140 valence electrons. The van der Waals surface area contributed by atoms with Crippen LogP contribution in [0.5, 0.6) is 0 Å². The quantitative estimate of drug-likeness (QED) is 0.668. The molecule has 8 nitrogen and oxygen atoms in total. The summed E-state index contributed by atoms with van der Waals surface area (Å²) in [4.78, 5) is 11.0. The lowest BCUT2D eigenvalue weighted by molar-refractivity contribution is 0.0697. The van der Waals surface area contributed by atoms with Gasteiger partial charge < -0.3 is 5.11 Å². The fraction of sp³-hybridized carbons (Fsp3) is 0.167. The maximum absolute atomic E-state index is 13.0. The van der Waals surface area contributed by atoms with Gasteiger partial charge in [0.05, 0.1) is 24.0 Å². The Labute approximate surface area is 156 Å². The number of hydrogen-bond donors (Lipinski definition) is 1. The maximum atomic E-state index is 13.0. The average molecular weight is 386 g/mol. The van der Waals surface area contributed by atoms with E-state index in [4.69, 9.17) is 5.11 Å². The van der Waals surface area contributed by atoms with E-state index in [-0.39, 0.29) is 18.0 Å². The van der Waals surface area contributed by atoms with Crippen molar-refractivity contribution in [1.29, 1.82) is 0 Å². The Balaban J connectivity index is 1.94. The Morgan fingerprint density at radius 3 is 2.33 bits per heavy atom. The zero-order valence-electron chi connectivity index (χ0n) is 14.6. The molecule has 0 bridgehead atoms. The molecule has 3 rings (SSSR count). The fourth-order valence-corrected chi connectivity index (χ4v) is 3.92. The third-order valence-electron chi connectivity index (χ3n) is 3.95. The van der Waals surface area contributed by atoms with Gasteiger partial charge in [-0.1, -0.05) is 35.0 Å². The van der Waals surface area contributed by atoms with Gasteiger partial charge >= 0.3 is 5.97 Å². The third-order valence-corrected chi connectivity index (χ3v) is 5.55. The Bertz CT molecular complexity index is 1010. The van der Waals surface area contributed by atoms with Crippen LogP contribution in [0.4, 0.5) is 5.69 Å². The number of carbonyl (C=O) groups is 1. The molecule has 2 aromatic carbocycles. The van der Waals surface area contributed by atoms with Gasteiger partial charge in [0.15, 0.2) is 5.88 Å². The number of sulfonamides is 1. The summed E-state index contributed by atoms with van der Waals surface area (Å²) in [6.45, 7) is 1.99. The molecule has 0 saturated carbocycles. The summed E-state index contributed by atoms with van der Waals surface area (Å²) in [5.74, 6) is -1.38. The van der Waals surface area contributed by atoms with Crippen molar-refractivity contribution >= 4 is 21.7 Å². The highest BCUT2D eigenvalue weighted by Crippen LogP contribution is 2.23. The lowest BCUT2D eigenvalue weighted by Crippen LogP contribution is -2.33. The molecule has 0 spiro atoms. The molecular formula is C18H18N4O4S. The maximum Gasteiger partial charge on any atom is 0.335 e. The van der Waals surface area contributed by atoms with Gasteiger partial charge in [-0.3, -0.25) is 4.31 Å². The summed E-state index contributed by atoms with van der Waals surface area (Å²) in [6, 6.07) is 13.3. The highest BCUT2D eigenvalue weighted by atomic mass is 32.2. The number of benzene rings is 2. The predicted octanol–water partition coefficient (Wildman–Crippen LogP) is 2.28. The Morgan fingerprint density at radius 1 is 1.11 bits per heavy atom. The van der Waals surface area contributed by atoms with E-state index in [1.54, 1.807) is 24.3 Å². The highest BCUT2D eigenvalue weighted by molar-refractivity contribution is 7.91. The summed E-state index contributed by atoms with van der Waals surface area (Å²) < 4.78 is 28.5. The van der Waals surface area contributed by atoms with Crippen molar-refractivity contribution in [3.05, 3.63) is 77.6 Å². The summed E-state index contributed by atoms with van der Waals surface area (Å²) in [6.07, 6.45) is 2.89. The molecular weight excluding hydrogens is 368 g/mol. The number of hydrogen-bond acceptors (Lipinski definition) is 5. The van der Waals surface area contributed by atoms with E-state index in [0.717, 1.165) is 5.56 Å². The van der Waals surface area contributed by atoms with Crippen LogP contribution in [0.1, 0.15) is 21.5 Å². The molecule has 0 amide bonds. The van der Waals surface area contributed by atoms with Gasteiger partial charge in [-0.2, -0.15) is 0 Å². The van der Waals surface area contributed by atoms with Crippen LogP contribution in [0, 0.1) is 6.92 Å². The van der Waals surface area contributed by atoms with E-state index in [2.05, 4.69) is 10.3 Å². The fourth-order valence-electron chi connectivity index (χ4n) is 2.52. The van der Waals surface area contributed by atoms with Crippen molar-refractivity contribution in [2.75, 3.05) is 4.31 Å². The molecule has 0 aliphatic heterocycles. The molecule has 0 fully saturated rings. The van der Waals surface area contributed by atoms with Crippen molar-refractivity contribution in [3.63, 3.8) is 0 Å². The second-order valence-electron chi connectivity index (χ2n) is 6.03. The van der Waals surface area contributed by atoms with Gasteiger partial charge in [0.1, 0.15) is 0 Å². The molecule has 0 unspecified atom stereocenters. The van der Waals surface area contributed by atoms with Crippen LogP contribution >= 0.6 is 0 Å². The molecule has 0 radical (unpaired) electrons. The first kappa shape index (κ1) is 18.6. The molecule has 0 aliphatic rings. The lowest BCUT2D eigenvalue weighted by Gasteiger charge is -2.24. The Morgan fingerprint density at radius 2 is 1.78 bits per heavy atom. The van der Waals surface area contributed by atoms with Crippen molar-refractivity contribution in [2.45, 2.75) is 19.3 Å². The van der Waals surface area contributed by atoms with Crippen LogP contribution in [0.2, 0.25) is 0 Å². The van der Waals surface area contributed by atoms with Crippen LogP contribution in [0.25, 0.3) is 0 Å². The Kier molecular flexibility index (Phi) is 5.22. The number of carboxylic acid groups (broad SMARTS) is 1. The molecule has 1 aromatic heterocycles. The predicted molar refractivity (Wildman–Crippen MR) is 99.7 cm³/mol. The summed E-state index contributed by atoms with van der Waals surface area (Å²) in [5.41, 5.74) is 2.34. The summed E-state index contributed by atoms with van der Waals surface area (Å²) in [5, 5.41) is 16.4. The summed E-state index contributed by atoms with van der Waals surface area (Å²) in [7, 11) is -3.76. The van der Waals surface area contributed by atoms with Crippen molar-refractivity contribution in [1.82, 2.24) is 15.0 Å². The number of rotatable bonds is 7. The van der Waals surface area contributed by atoms with E-state index >= 15 is 0 Å². The van der Waals surface area contributed by atoms with Gasteiger partial charge in [-0.05, 0) is 36.8 Å². The van der Waals surface area contributed by atoms with E-state index in [9.17, 15) is 13.2 Å². The topological polar surface area (TPSA) is 105 Å². The Hall–Kier alpha value is -3.20. The van der Waals surface area contributed by atoms with Crippen molar-refractivity contribution in [3.8, 4) is 0 Å². The number of carboxylic acids is 1. The van der Waals surface area contributed by atoms with E-state index < -0.39 is 16.0 Å². The van der Waals surface area contributed by atoms with Gasteiger partial charge in [0.25, 0.3) is 10.0 Å². The molecule has 3 aromatic rings. The average Bonchev–Trinajstić information content (AvgIpc) is 3.13. The zero-order valence-corrected chi connectivity index (χ0v) is 15.4. The second kappa shape index (κ2) is 7.58. The minimum atomic E-state index is -3.76. The largest absolute Gasteiger partial charge is 0.478 e. The van der Waals surface area contributed by atoms with Gasteiger partial charge in [-0.15, -0.1) is 5.10 Å². The van der Waals surface area contributed by atoms with Crippen LogP contribution in [-0.4, -0.2) is 34.5 Å². The van der Waals surface area contributed by atoms with Gasteiger partial charge in [0, 0.05) is 6.20 Å². The van der Waals surface area contributed by atoms with E-state index in [1.807, 2.05) is 19.1 Å². The van der Waals surface area contributed by atoms with E-state index in [0.29, 0.717) is 11.3 Å². The zero-order chi connectivity index (χ0) is 19.4. The standard InChI is InChI=1S/C18H18N4O4S/c1-14-2-8-17(9-3-14)22(27(25,26)13-21-11-10-19-20-21)12-15-4-6-16(7-5-15)18(23)24/h2-11H,12-13H2,1H3,(H,23,24). The first-order valence-corrected chi connectivity index (χ1v) is 9.69. The smallest absolute Gasteiger partial charge is 0.335 e. The first-order valence-electron chi connectivity index (χ1n) is 8.08. The molecule has 0 aliphatic carbocycles. The molecule has 0 saturated heterocycles. The second-order valence-corrected chi connectivity index (χ2v) is 7.89. The molecule has 9 heteroatoms.